The number of hydrogen-bond donors (Lipinski definition) is 1. The molecule has 0 radical (unpaired) electrons. The van der Waals surface area contributed by atoms with Crippen LogP contribution in [0.25, 0.3) is 0 Å². The fraction of sp³-hybridized carbons (Fsp3) is 0.300. The number of rotatable bonds is 3. The van der Waals surface area contributed by atoms with Gasteiger partial charge in [0.1, 0.15) is 0 Å². The molecule has 0 saturated carbocycles. The first kappa shape index (κ1) is 14.7. The Kier molecular flexibility index (Phi) is 5.98. The maximum Gasteiger partial charge on any atom is 0.238 e. The third-order valence-electron chi connectivity index (χ3n) is 1.90. The number of halogens is 4. The van der Waals surface area contributed by atoms with E-state index < -0.39 is 0 Å². The zero-order chi connectivity index (χ0) is 12.3. The van der Waals surface area contributed by atoms with E-state index in [4.69, 9.17) is 0 Å². The summed E-state index contributed by atoms with van der Waals surface area (Å²) in [6.07, 6.45) is 0.748. The molecule has 1 amide bonds. The lowest BCUT2D eigenvalue weighted by Gasteiger charge is -2.12. The molecule has 1 aromatic carbocycles. The zero-order valence-electron chi connectivity index (χ0n) is 8.36. The SMILES string of the molecule is CCC(Br)C(=O)Nc1c(Br)cc(Br)cc1Br. The number of benzene rings is 1. The van der Waals surface area contributed by atoms with Gasteiger partial charge in [0.15, 0.2) is 0 Å². The van der Waals surface area contributed by atoms with E-state index in [1.165, 1.54) is 0 Å². The van der Waals surface area contributed by atoms with Crippen molar-refractivity contribution in [3.63, 3.8) is 0 Å². The van der Waals surface area contributed by atoms with Gasteiger partial charge >= 0.3 is 0 Å². The van der Waals surface area contributed by atoms with Gasteiger partial charge in [0.2, 0.25) is 5.91 Å². The molecule has 0 bridgehead atoms. The first-order valence-electron chi connectivity index (χ1n) is 4.55. The lowest BCUT2D eigenvalue weighted by Crippen LogP contribution is -2.22. The second kappa shape index (κ2) is 6.52. The van der Waals surface area contributed by atoms with Crippen LogP contribution < -0.4 is 5.32 Å². The van der Waals surface area contributed by atoms with Crippen molar-refractivity contribution in [2.24, 2.45) is 0 Å². The Bertz CT molecular complexity index is 385. The van der Waals surface area contributed by atoms with E-state index in [-0.39, 0.29) is 10.7 Å². The molecule has 0 aliphatic heterocycles. The highest BCUT2D eigenvalue weighted by atomic mass is 79.9. The van der Waals surface area contributed by atoms with Crippen molar-refractivity contribution in [1.29, 1.82) is 0 Å². The molecule has 0 saturated heterocycles. The van der Waals surface area contributed by atoms with Gasteiger partial charge in [-0.15, -0.1) is 0 Å². The highest BCUT2D eigenvalue weighted by Crippen LogP contribution is 2.34. The van der Waals surface area contributed by atoms with E-state index in [1.54, 1.807) is 0 Å². The van der Waals surface area contributed by atoms with Gasteiger partial charge in [-0.25, -0.2) is 0 Å². The van der Waals surface area contributed by atoms with Crippen molar-refractivity contribution >= 4 is 75.3 Å². The molecule has 1 unspecified atom stereocenters. The number of carbonyl (C=O) groups is 1. The smallest absolute Gasteiger partial charge is 0.238 e. The van der Waals surface area contributed by atoms with Crippen LogP contribution in [0, 0.1) is 0 Å². The molecule has 16 heavy (non-hydrogen) atoms. The summed E-state index contributed by atoms with van der Waals surface area (Å²) in [5.74, 6) is -0.0498. The molecule has 1 atom stereocenters. The molecule has 1 N–H and O–H groups in total. The third-order valence-corrected chi connectivity index (χ3v) is 4.67. The molecule has 6 heteroatoms. The van der Waals surface area contributed by atoms with Crippen LogP contribution in [0.1, 0.15) is 13.3 Å². The summed E-state index contributed by atoms with van der Waals surface area (Å²) >= 11 is 13.5. The maximum atomic E-state index is 11.7. The van der Waals surface area contributed by atoms with Gasteiger partial charge in [-0.1, -0.05) is 38.8 Å². The van der Waals surface area contributed by atoms with Crippen molar-refractivity contribution in [1.82, 2.24) is 0 Å². The molecule has 2 nitrogen and oxygen atoms in total. The Hall–Kier alpha value is 0.610. The van der Waals surface area contributed by atoms with Gasteiger partial charge in [0, 0.05) is 13.4 Å². The second-order valence-corrected chi connectivity index (χ2v) is 6.84. The maximum absolute atomic E-state index is 11.7. The van der Waals surface area contributed by atoms with Crippen LogP contribution in [-0.2, 0) is 4.79 Å². The standard InChI is InChI=1S/C10H9Br4NO/c1-2-6(12)10(16)15-9-7(13)3-5(11)4-8(9)14/h3-4,6H,2H2,1H3,(H,15,16). The molecule has 0 heterocycles. The highest BCUT2D eigenvalue weighted by Gasteiger charge is 2.15. The average Bonchev–Trinajstić information content (AvgIpc) is 2.21. The normalized spacial score (nSPS) is 12.3. The predicted molar refractivity (Wildman–Crippen MR) is 81.2 cm³/mol. The molecule has 0 aliphatic rings. The Morgan fingerprint density at radius 3 is 2.25 bits per heavy atom. The number of anilines is 1. The fourth-order valence-electron chi connectivity index (χ4n) is 1.05. The van der Waals surface area contributed by atoms with Gasteiger partial charge in [-0.05, 0) is 50.4 Å². The first-order chi connectivity index (χ1) is 7.45. The van der Waals surface area contributed by atoms with Crippen LogP contribution >= 0.6 is 63.7 Å². The molecule has 88 valence electrons. The van der Waals surface area contributed by atoms with Crippen LogP contribution in [0.15, 0.2) is 25.6 Å². The van der Waals surface area contributed by atoms with Crippen molar-refractivity contribution in [3.8, 4) is 0 Å². The number of alkyl halides is 1. The molecule has 1 aromatic rings. The molecule has 0 aromatic heterocycles. The summed E-state index contributed by atoms with van der Waals surface area (Å²) < 4.78 is 2.60. The van der Waals surface area contributed by atoms with Gasteiger partial charge in [-0.2, -0.15) is 0 Å². The van der Waals surface area contributed by atoms with Crippen molar-refractivity contribution < 1.29 is 4.79 Å². The Labute approximate surface area is 128 Å². The first-order valence-corrected chi connectivity index (χ1v) is 7.84. The summed E-state index contributed by atoms with van der Waals surface area (Å²) in [6, 6.07) is 3.77. The predicted octanol–water partition coefficient (Wildman–Crippen LogP) is 5.09. The Morgan fingerprint density at radius 2 is 1.81 bits per heavy atom. The van der Waals surface area contributed by atoms with E-state index in [1.807, 2.05) is 19.1 Å². The third kappa shape index (κ3) is 3.82. The van der Waals surface area contributed by atoms with Crippen molar-refractivity contribution in [2.45, 2.75) is 18.2 Å². The minimum absolute atomic E-state index is 0.0498. The van der Waals surface area contributed by atoms with E-state index >= 15 is 0 Å². The molecule has 0 fully saturated rings. The largest absolute Gasteiger partial charge is 0.323 e. The summed E-state index contributed by atoms with van der Waals surface area (Å²) in [5, 5.41) is 2.86. The van der Waals surface area contributed by atoms with Crippen molar-refractivity contribution in [2.75, 3.05) is 5.32 Å². The van der Waals surface area contributed by atoms with Gasteiger partial charge < -0.3 is 5.32 Å². The van der Waals surface area contributed by atoms with Gasteiger partial charge in [-0.3, -0.25) is 4.79 Å². The molecule has 1 rings (SSSR count). The molecule has 0 spiro atoms. The van der Waals surface area contributed by atoms with Crippen LogP contribution in [0.2, 0.25) is 0 Å². The fourth-order valence-corrected chi connectivity index (χ4v) is 3.62. The minimum atomic E-state index is -0.171. The topological polar surface area (TPSA) is 29.1 Å². The van der Waals surface area contributed by atoms with E-state index in [9.17, 15) is 4.79 Å². The van der Waals surface area contributed by atoms with E-state index in [0.717, 1.165) is 25.5 Å². The van der Waals surface area contributed by atoms with E-state index in [0.29, 0.717) is 0 Å². The minimum Gasteiger partial charge on any atom is -0.323 e. The summed E-state index contributed by atoms with van der Waals surface area (Å²) in [4.78, 5) is 11.6. The Balaban J connectivity index is 2.93. The number of amides is 1. The van der Waals surface area contributed by atoms with Crippen molar-refractivity contribution in [3.05, 3.63) is 25.6 Å². The molecular weight excluding hydrogens is 470 g/mol. The summed E-state index contributed by atoms with van der Waals surface area (Å²) in [6.45, 7) is 1.95. The zero-order valence-corrected chi connectivity index (χ0v) is 14.7. The molecule has 0 aliphatic carbocycles. The lowest BCUT2D eigenvalue weighted by atomic mass is 10.3. The molecular formula is C10H9Br4NO. The quantitative estimate of drug-likeness (QED) is 0.603. The van der Waals surface area contributed by atoms with Gasteiger partial charge in [0.05, 0.1) is 10.5 Å². The second-order valence-electron chi connectivity index (χ2n) is 3.11. The van der Waals surface area contributed by atoms with Crippen LogP contribution in [-0.4, -0.2) is 10.7 Å². The monoisotopic (exact) mass is 475 g/mol. The number of carbonyl (C=O) groups excluding carboxylic acids is 1. The van der Waals surface area contributed by atoms with Crippen LogP contribution in [0.5, 0.6) is 0 Å². The number of nitrogens with one attached hydrogen (secondary N) is 1. The lowest BCUT2D eigenvalue weighted by molar-refractivity contribution is -0.115. The Morgan fingerprint density at radius 1 is 1.31 bits per heavy atom. The van der Waals surface area contributed by atoms with Gasteiger partial charge in [0.25, 0.3) is 0 Å². The number of hydrogen-bond acceptors (Lipinski definition) is 1. The summed E-state index contributed by atoms with van der Waals surface area (Å²) in [7, 11) is 0. The highest BCUT2D eigenvalue weighted by molar-refractivity contribution is 9.11. The van der Waals surface area contributed by atoms with Crippen LogP contribution in [0.4, 0.5) is 5.69 Å². The summed E-state index contributed by atoms with van der Waals surface area (Å²) in [5.41, 5.74) is 0.742. The van der Waals surface area contributed by atoms with Crippen LogP contribution in [0.3, 0.4) is 0 Å². The van der Waals surface area contributed by atoms with E-state index in [2.05, 4.69) is 69.0 Å². The average molecular weight is 479 g/mol.